The third-order valence-corrected chi connectivity index (χ3v) is 5.88. The lowest BCUT2D eigenvalue weighted by atomic mass is 9.78. The lowest BCUT2D eigenvalue weighted by Crippen LogP contribution is -2.40. The molecule has 3 heterocycles. The van der Waals surface area contributed by atoms with Crippen molar-refractivity contribution in [3.63, 3.8) is 0 Å². The Morgan fingerprint density at radius 2 is 2.39 bits per heavy atom. The van der Waals surface area contributed by atoms with E-state index in [1.807, 2.05) is 33.4 Å². The smallest absolute Gasteiger partial charge is 0.246 e. The van der Waals surface area contributed by atoms with E-state index in [2.05, 4.69) is 13.5 Å². The van der Waals surface area contributed by atoms with Crippen molar-refractivity contribution >= 4 is 29.2 Å². The van der Waals surface area contributed by atoms with Crippen LogP contribution in [0.3, 0.4) is 0 Å². The van der Waals surface area contributed by atoms with Crippen LogP contribution in [-0.4, -0.2) is 47.8 Å². The molecule has 2 amide bonds. The Hall–Kier alpha value is -1.88. The summed E-state index contributed by atoms with van der Waals surface area (Å²) in [4.78, 5) is 30.0. The van der Waals surface area contributed by atoms with Crippen LogP contribution in [0, 0.1) is 11.3 Å². The Bertz CT molecular complexity index is 637. The molecule has 5 heteroatoms. The predicted octanol–water partition coefficient (Wildman–Crippen LogP) is 2.64. The lowest BCUT2D eigenvalue weighted by molar-refractivity contribution is -0.136. The molecule has 2 aliphatic rings. The van der Waals surface area contributed by atoms with Crippen molar-refractivity contribution in [2.75, 3.05) is 26.2 Å². The molecule has 1 aromatic heterocycles. The van der Waals surface area contributed by atoms with Gasteiger partial charge in [-0.15, -0.1) is 17.9 Å². The van der Waals surface area contributed by atoms with Crippen molar-refractivity contribution in [2.24, 2.45) is 11.3 Å². The number of hydrogen-bond acceptors (Lipinski definition) is 3. The molecule has 0 N–H and O–H groups in total. The van der Waals surface area contributed by atoms with Crippen LogP contribution in [-0.2, 0) is 9.59 Å². The van der Waals surface area contributed by atoms with Gasteiger partial charge in [0, 0.05) is 37.1 Å². The molecular weight excluding hydrogens is 308 g/mol. The fourth-order valence-corrected chi connectivity index (χ4v) is 4.29. The summed E-state index contributed by atoms with van der Waals surface area (Å²) < 4.78 is 0. The van der Waals surface area contributed by atoms with E-state index in [1.54, 1.807) is 23.5 Å². The molecular formula is C18H22N2O2S. The number of rotatable bonds is 4. The van der Waals surface area contributed by atoms with Crippen molar-refractivity contribution in [2.45, 2.75) is 13.3 Å². The zero-order chi connectivity index (χ0) is 16.4. The highest BCUT2D eigenvalue weighted by Gasteiger charge is 2.55. The van der Waals surface area contributed by atoms with Crippen LogP contribution >= 0.6 is 11.3 Å². The normalized spacial score (nSPS) is 27.5. The molecule has 1 spiro atoms. The van der Waals surface area contributed by atoms with Gasteiger partial charge in [0.2, 0.25) is 11.8 Å². The van der Waals surface area contributed by atoms with Gasteiger partial charge in [0.1, 0.15) is 0 Å². The van der Waals surface area contributed by atoms with Gasteiger partial charge in [-0.25, -0.2) is 0 Å². The number of nitrogens with zero attached hydrogens (tertiary/aromatic N) is 2. The lowest BCUT2D eigenvalue weighted by Gasteiger charge is -2.26. The summed E-state index contributed by atoms with van der Waals surface area (Å²) >= 11 is 1.61. The minimum atomic E-state index is -0.393. The maximum absolute atomic E-state index is 12.8. The first kappa shape index (κ1) is 16.0. The molecule has 0 bridgehead atoms. The van der Waals surface area contributed by atoms with Crippen LogP contribution in [0.4, 0.5) is 0 Å². The largest absolute Gasteiger partial charge is 0.338 e. The van der Waals surface area contributed by atoms with E-state index in [4.69, 9.17) is 0 Å². The van der Waals surface area contributed by atoms with Crippen LogP contribution in [0.15, 0.2) is 36.2 Å². The van der Waals surface area contributed by atoms with Crippen molar-refractivity contribution < 1.29 is 9.59 Å². The molecule has 1 aromatic rings. The van der Waals surface area contributed by atoms with Gasteiger partial charge >= 0.3 is 0 Å². The van der Waals surface area contributed by atoms with E-state index in [-0.39, 0.29) is 17.7 Å². The van der Waals surface area contributed by atoms with Gasteiger partial charge in [-0.05, 0) is 29.9 Å². The molecule has 23 heavy (non-hydrogen) atoms. The van der Waals surface area contributed by atoms with Gasteiger partial charge in [-0.3, -0.25) is 9.59 Å². The molecule has 122 valence electrons. The van der Waals surface area contributed by atoms with E-state index in [0.29, 0.717) is 19.6 Å². The molecule has 0 aromatic carbocycles. The quantitative estimate of drug-likeness (QED) is 0.629. The summed E-state index contributed by atoms with van der Waals surface area (Å²) in [5.74, 6) is 0.378. The first-order valence-electron chi connectivity index (χ1n) is 7.97. The standard InChI is InChI=1S/C18H22N2O2S/c1-3-9-19-10-8-18(17(19)22)13-20(12-14(18)2)16(21)7-6-15-5-4-11-23-15/h3-7,11,14H,1,8-10,12-13H2,2H3/b7-6+/t14-,18-/m1/s1. The van der Waals surface area contributed by atoms with Gasteiger partial charge in [-0.1, -0.05) is 19.1 Å². The van der Waals surface area contributed by atoms with Crippen LogP contribution in [0.25, 0.3) is 6.08 Å². The minimum Gasteiger partial charge on any atom is -0.338 e. The van der Waals surface area contributed by atoms with E-state index in [1.165, 1.54) is 0 Å². The number of carbonyl (C=O) groups is 2. The second-order valence-corrected chi connectivity index (χ2v) is 7.39. The molecule has 2 aliphatic heterocycles. The molecule has 2 fully saturated rings. The molecule has 4 nitrogen and oxygen atoms in total. The number of carbonyl (C=O) groups excluding carboxylic acids is 2. The zero-order valence-electron chi connectivity index (χ0n) is 13.4. The number of hydrogen-bond donors (Lipinski definition) is 0. The SMILES string of the molecule is C=CCN1CC[C@]2(CN(C(=O)/C=C/c3cccs3)C[C@H]2C)C1=O. The molecule has 3 rings (SSSR count). The Balaban J connectivity index is 1.70. The van der Waals surface area contributed by atoms with Gasteiger partial charge < -0.3 is 9.80 Å². The first-order valence-corrected chi connectivity index (χ1v) is 8.85. The molecule has 2 atom stereocenters. The molecule has 0 saturated carbocycles. The third kappa shape index (κ3) is 2.85. The highest BCUT2D eigenvalue weighted by molar-refractivity contribution is 7.10. The van der Waals surface area contributed by atoms with Crippen LogP contribution in [0.1, 0.15) is 18.2 Å². The van der Waals surface area contributed by atoms with E-state index in [9.17, 15) is 9.59 Å². The van der Waals surface area contributed by atoms with Gasteiger partial charge in [0.15, 0.2) is 0 Å². The summed E-state index contributed by atoms with van der Waals surface area (Å²) in [5.41, 5.74) is -0.393. The van der Waals surface area contributed by atoms with Gasteiger partial charge in [0.25, 0.3) is 0 Å². The Labute approximate surface area is 141 Å². The Kier molecular flexibility index (Phi) is 4.39. The monoisotopic (exact) mass is 330 g/mol. The van der Waals surface area contributed by atoms with E-state index in [0.717, 1.165) is 17.8 Å². The summed E-state index contributed by atoms with van der Waals surface area (Å²) in [6.07, 6.45) is 6.07. The topological polar surface area (TPSA) is 40.6 Å². The number of thiophene rings is 1. The summed E-state index contributed by atoms with van der Waals surface area (Å²) in [6, 6.07) is 3.95. The molecule has 0 aliphatic carbocycles. The van der Waals surface area contributed by atoms with Crippen LogP contribution in [0.2, 0.25) is 0 Å². The van der Waals surface area contributed by atoms with Gasteiger partial charge in [-0.2, -0.15) is 0 Å². The molecule has 0 unspecified atom stereocenters. The average Bonchev–Trinajstić information content (AvgIpc) is 3.23. The highest BCUT2D eigenvalue weighted by Crippen LogP contribution is 2.44. The fraction of sp³-hybridized carbons (Fsp3) is 0.444. The first-order chi connectivity index (χ1) is 11.1. The third-order valence-electron chi connectivity index (χ3n) is 5.05. The Morgan fingerprint density at radius 3 is 3.09 bits per heavy atom. The fourth-order valence-electron chi connectivity index (χ4n) is 3.67. The van der Waals surface area contributed by atoms with Crippen molar-refractivity contribution in [1.29, 1.82) is 0 Å². The second-order valence-electron chi connectivity index (χ2n) is 6.41. The van der Waals surface area contributed by atoms with Crippen molar-refractivity contribution in [3.8, 4) is 0 Å². The Morgan fingerprint density at radius 1 is 1.57 bits per heavy atom. The number of amides is 2. The zero-order valence-corrected chi connectivity index (χ0v) is 14.2. The van der Waals surface area contributed by atoms with Crippen LogP contribution < -0.4 is 0 Å². The summed E-state index contributed by atoms with van der Waals surface area (Å²) in [5, 5.41) is 1.99. The van der Waals surface area contributed by atoms with Gasteiger partial charge in [0.05, 0.1) is 5.41 Å². The second kappa shape index (κ2) is 6.32. The maximum atomic E-state index is 12.8. The van der Waals surface area contributed by atoms with Crippen molar-refractivity contribution in [3.05, 3.63) is 41.1 Å². The summed E-state index contributed by atoms with van der Waals surface area (Å²) in [6.45, 7) is 8.36. The number of likely N-dealkylation sites (tertiary alicyclic amines) is 2. The average molecular weight is 330 g/mol. The molecule has 0 radical (unpaired) electrons. The minimum absolute atomic E-state index is 0.00269. The molecule has 2 saturated heterocycles. The maximum Gasteiger partial charge on any atom is 0.246 e. The van der Waals surface area contributed by atoms with Crippen molar-refractivity contribution in [1.82, 2.24) is 9.80 Å². The van der Waals surface area contributed by atoms with E-state index < -0.39 is 5.41 Å². The summed E-state index contributed by atoms with van der Waals surface area (Å²) in [7, 11) is 0. The van der Waals surface area contributed by atoms with E-state index >= 15 is 0 Å². The van der Waals surface area contributed by atoms with Crippen LogP contribution in [0.5, 0.6) is 0 Å². The predicted molar refractivity (Wildman–Crippen MR) is 92.9 cm³/mol. The highest BCUT2D eigenvalue weighted by atomic mass is 32.1.